The summed E-state index contributed by atoms with van der Waals surface area (Å²) in [5, 5.41) is 2.98. The van der Waals surface area contributed by atoms with Gasteiger partial charge in [-0.05, 0) is 89.4 Å². The van der Waals surface area contributed by atoms with Crippen LogP contribution in [0, 0.1) is 0 Å². The van der Waals surface area contributed by atoms with E-state index in [1.54, 1.807) is 43.9 Å². The molecule has 0 spiro atoms. The number of esters is 1. The van der Waals surface area contributed by atoms with E-state index in [0.29, 0.717) is 56.3 Å². The van der Waals surface area contributed by atoms with Crippen LogP contribution >= 0.6 is 0 Å². The van der Waals surface area contributed by atoms with E-state index in [1.807, 2.05) is 76.2 Å². The van der Waals surface area contributed by atoms with Gasteiger partial charge in [-0.2, -0.15) is 0 Å². The average molecular weight is 616 g/mol. The lowest BCUT2D eigenvalue weighted by Gasteiger charge is -2.35. The SMILES string of the molecule is CCOc1ccc(CN2CCN(C(=O)OC(C)(C)C)CC2)cc1C(=O)Nc1cc(-c2ccccc2)ccc1C(=O)OC(C)(C)C. The van der Waals surface area contributed by atoms with Crippen molar-refractivity contribution in [1.29, 1.82) is 0 Å². The Bertz CT molecular complexity index is 1500. The van der Waals surface area contributed by atoms with E-state index in [9.17, 15) is 14.4 Å². The van der Waals surface area contributed by atoms with Gasteiger partial charge in [0.05, 0.1) is 23.4 Å². The van der Waals surface area contributed by atoms with E-state index >= 15 is 0 Å². The van der Waals surface area contributed by atoms with Crippen LogP contribution in [0.15, 0.2) is 66.7 Å². The molecule has 1 saturated heterocycles. The first-order chi connectivity index (χ1) is 21.2. The van der Waals surface area contributed by atoms with Gasteiger partial charge >= 0.3 is 12.1 Å². The van der Waals surface area contributed by atoms with Crippen molar-refractivity contribution in [1.82, 2.24) is 9.80 Å². The first-order valence-electron chi connectivity index (χ1n) is 15.4. The number of rotatable bonds is 8. The molecule has 1 aliphatic heterocycles. The lowest BCUT2D eigenvalue weighted by molar-refractivity contribution is 0.00690. The van der Waals surface area contributed by atoms with E-state index in [0.717, 1.165) is 16.7 Å². The van der Waals surface area contributed by atoms with Gasteiger partial charge in [0.15, 0.2) is 0 Å². The van der Waals surface area contributed by atoms with E-state index in [2.05, 4.69) is 10.2 Å². The van der Waals surface area contributed by atoms with Crippen LogP contribution < -0.4 is 10.1 Å². The van der Waals surface area contributed by atoms with Crippen molar-refractivity contribution in [3.63, 3.8) is 0 Å². The zero-order valence-corrected chi connectivity index (χ0v) is 27.4. The lowest BCUT2D eigenvalue weighted by atomic mass is 10.0. The Kier molecular flexibility index (Phi) is 10.5. The van der Waals surface area contributed by atoms with E-state index < -0.39 is 23.1 Å². The minimum atomic E-state index is -0.703. The summed E-state index contributed by atoms with van der Waals surface area (Å²) in [6, 6.07) is 20.7. The van der Waals surface area contributed by atoms with Crippen LogP contribution in [0.3, 0.4) is 0 Å². The molecule has 0 bridgehead atoms. The maximum Gasteiger partial charge on any atom is 0.410 e. The number of carbonyl (C=O) groups is 3. The van der Waals surface area contributed by atoms with E-state index in [-0.39, 0.29) is 11.7 Å². The van der Waals surface area contributed by atoms with Crippen LogP contribution in [-0.4, -0.2) is 71.8 Å². The molecular weight excluding hydrogens is 570 g/mol. The average Bonchev–Trinajstić information content (AvgIpc) is 2.97. The second-order valence-electron chi connectivity index (χ2n) is 13.1. The molecule has 2 amide bonds. The number of nitrogens with one attached hydrogen (secondary N) is 1. The van der Waals surface area contributed by atoms with E-state index in [4.69, 9.17) is 14.2 Å². The van der Waals surface area contributed by atoms with Crippen molar-refractivity contribution in [3.8, 4) is 16.9 Å². The van der Waals surface area contributed by atoms with Crippen LogP contribution in [0.5, 0.6) is 5.75 Å². The van der Waals surface area contributed by atoms with Crippen molar-refractivity contribution < 1.29 is 28.6 Å². The zero-order chi connectivity index (χ0) is 32.8. The first kappa shape index (κ1) is 33.5. The summed E-state index contributed by atoms with van der Waals surface area (Å²) in [4.78, 5) is 43.5. The molecule has 45 heavy (non-hydrogen) atoms. The first-order valence-corrected chi connectivity index (χ1v) is 15.4. The van der Waals surface area contributed by atoms with Gasteiger partial charge in [-0.3, -0.25) is 9.69 Å². The maximum absolute atomic E-state index is 13.9. The van der Waals surface area contributed by atoms with Gasteiger partial charge in [-0.25, -0.2) is 9.59 Å². The molecule has 1 fully saturated rings. The summed E-state index contributed by atoms with van der Waals surface area (Å²) in [5.74, 6) is -0.474. The lowest BCUT2D eigenvalue weighted by Crippen LogP contribution is -2.49. The summed E-state index contributed by atoms with van der Waals surface area (Å²) >= 11 is 0. The number of benzene rings is 3. The molecule has 0 radical (unpaired) electrons. The predicted molar refractivity (Wildman–Crippen MR) is 176 cm³/mol. The largest absolute Gasteiger partial charge is 0.493 e. The van der Waals surface area contributed by atoms with Crippen LogP contribution in [-0.2, 0) is 16.0 Å². The summed E-state index contributed by atoms with van der Waals surface area (Å²) in [7, 11) is 0. The summed E-state index contributed by atoms with van der Waals surface area (Å²) in [5.41, 5.74) is 2.46. The molecule has 0 aromatic heterocycles. The Labute approximate surface area is 266 Å². The molecule has 0 unspecified atom stereocenters. The van der Waals surface area contributed by atoms with E-state index in [1.165, 1.54) is 0 Å². The summed E-state index contributed by atoms with van der Waals surface area (Å²) in [6.45, 7) is 16.3. The molecule has 9 heteroatoms. The summed E-state index contributed by atoms with van der Waals surface area (Å²) in [6.07, 6.45) is -0.302. The number of anilines is 1. The highest BCUT2D eigenvalue weighted by atomic mass is 16.6. The molecule has 1 heterocycles. The van der Waals surface area contributed by atoms with Crippen molar-refractivity contribution in [2.45, 2.75) is 66.2 Å². The normalized spacial score (nSPS) is 14.1. The zero-order valence-electron chi connectivity index (χ0n) is 27.4. The van der Waals surface area contributed by atoms with Crippen molar-refractivity contribution in [2.24, 2.45) is 0 Å². The van der Waals surface area contributed by atoms with Gasteiger partial charge in [0.1, 0.15) is 17.0 Å². The Morgan fingerprint density at radius 2 is 1.42 bits per heavy atom. The summed E-state index contributed by atoms with van der Waals surface area (Å²) < 4.78 is 17.0. The van der Waals surface area contributed by atoms with Crippen molar-refractivity contribution in [3.05, 3.63) is 83.4 Å². The highest BCUT2D eigenvalue weighted by molar-refractivity contribution is 6.10. The molecule has 9 nitrogen and oxygen atoms in total. The van der Waals surface area contributed by atoms with Crippen molar-refractivity contribution in [2.75, 3.05) is 38.1 Å². The van der Waals surface area contributed by atoms with Gasteiger partial charge in [-0.1, -0.05) is 42.5 Å². The van der Waals surface area contributed by atoms with Gasteiger partial charge in [-0.15, -0.1) is 0 Å². The molecule has 240 valence electrons. The monoisotopic (exact) mass is 615 g/mol. The van der Waals surface area contributed by atoms with Crippen LogP contribution in [0.4, 0.5) is 10.5 Å². The number of piperazine rings is 1. The fourth-order valence-electron chi connectivity index (χ4n) is 4.97. The fraction of sp³-hybridized carbons (Fsp3) is 0.417. The molecule has 0 aliphatic carbocycles. The molecule has 4 rings (SSSR count). The third kappa shape index (κ3) is 9.56. The topological polar surface area (TPSA) is 97.4 Å². The smallest absolute Gasteiger partial charge is 0.410 e. The number of amides is 2. The number of ether oxygens (including phenoxy) is 3. The predicted octanol–water partition coefficient (Wildman–Crippen LogP) is 7.01. The molecule has 3 aromatic carbocycles. The standard InChI is InChI=1S/C36H45N3O6/c1-8-43-31-17-14-25(24-38-18-20-39(21-19-38)34(42)45-36(5,6)7)22-29(31)32(40)37-30-23-27(26-12-10-9-11-13-26)15-16-28(30)33(41)44-35(2,3)4/h9-17,22-23H,8,18-21,24H2,1-7H3,(H,37,40). The van der Waals surface area contributed by atoms with Crippen LogP contribution in [0.1, 0.15) is 74.7 Å². The number of hydrogen-bond acceptors (Lipinski definition) is 7. The minimum Gasteiger partial charge on any atom is -0.493 e. The third-order valence-corrected chi connectivity index (χ3v) is 7.01. The molecule has 0 atom stereocenters. The number of hydrogen-bond donors (Lipinski definition) is 1. The molecule has 3 aromatic rings. The Balaban J connectivity index is 1.56. The van der Waals surface area contributed by atoms with Gasteiger partial charge in [0, 0.05) is 32.7 Å². The van der Waals surface area contributed by atoms with Crippen LogP contribution in [0.2, 0.25) is 0 Å². The van der Waals surface area contributed by atoms with Gasteiger partial charge < -0.3 is 24.4 Å². The highest BCUT2D eigenvalue weighted by Gasteiger charge is 2.27. The highest BCUT2D eigenvalue weighted by Crippen LogP contribution is 2.29. The second kappa shape index (κ2) is 14.2. The number of nitrogens with zero attached hydrogens (tertiary/aromatic N) is 2. The molecule has 1 N–H and O–H groups in total. The molecule has 1 aliphatic rings. The third-order valence-electron chi connectivity index (χ3n) is 7.01. The van der Waals surface area contributed by atoms with Gasteiger partial charge in [0.2, 0.25) is 0 Å². The number of carbonyl (C=O) groups excluding carboxylic acids is 3. The fourth-order valence-corrected chi connectivity index (χ4v) is 4.97. The second-order valence-corrected chi connectivity index (χ2v) is 13.1. The quantitative estimate of drug-likeness (QED) is 0.272. The Morgan fingerprint density at radius 3 is 2.04 bits per heavy atom. The Morgan fingerprint density at radius 1 is 0.756 bits per heavy atom. The van der Waals surface area contributed by atoms with Gasteiger partial charge in [0.25, 0.3) is 5.91 Å². The van der Waals surface area contributed by atoms with Crippen LogP contribution in [0.25, 0.3) is 11.1 Å². The minimum absolute atomic E-state index is 0.259. The molecular formula is C36H45N3O6. The molecule has 0 saturated carbocycles. The van der Waals surface area contributed by atoms with Crippen molar-refractivity contribution >= 4 is 23.7 Å². The Hall–Kier alpha value is -4.37. The maximum atomic E-state index is 13.9.